The second-order valence-corrected chi connectivity index (χ2v) is 9.18. The minimum Gasteiger partial charge on any atom is -0.443 e. The molecule has 0 radical (unpaired) electrons. The third-order valence-electron chi connectivity index (χ3n) is 6.62. The normalized spacial score (nSPS) is 16.1. The number of hydrogen-bond acceptors (Lipinski definition) is 5. The van der Waals surface area contributed by atoms with E-state index in [1.807, 2.05) is 7.05 Å². The van der Waals surface area contributed by atoms with E-state index < -0.39 is 29.5 Å². The number of rotatable bonds is 6. The van der Waals surface area contributed by atoms with Crippen molar-refractivity contribution in [3.05, 3.63) is 71.0 Å². The summed E-state index contributed by atoms with van der Waals surface area (Å²) in [6, 6.07) is 5.85. The average Bonchev–Trinajstić information content (AvgIpc) is 3.34. The van der Waals surface area contributed by atoms with Crippen molar-refractivity contribution in [3.63, 3.8) is 0 Å². The zero-order valence-corrected chi connectivity index (χ0v) is 20.2. The highest BCUT2D eigenvalue weighted by atomic mass is 19.4. The van der Waals surface area contributed by atoms with Gasteiger partial charge in [-0.3, -0.25) is 4.79 Å². The van der Waals surface area contributed by atoms with Gasteiger partial charge >= 0.3 is 6.18 Å². The standard InChI is InChI=1S/C26H28F4N4O2/c1-15-18(5-4-6-21(15)26(28,29)30)16(2)32-25(35)20-11-19(24-13-31-14-36-24)22(27)12-23(20)33-17-7-9-34(3)10-8-17/h4-6,11-14,16-17,33H,7-10H2,1-3H3,(H,32,35)/t16-/m1/s1. The van der Waals surface area contributed by atoms with E-state index in [0.717, 1.165) is 38.4 Å². The van der Waals surface area contributed by atoms with Crippen LogP contribution in [0.4, 0.5) is 23.2 Å². The van der Waals surface area contributed by atoms with Crippen LogP contribution in [0, 0.1) is 12.7 Å². The van der Waals surface area contributed by atoms with Crippen molar-refractivity contribution in [2.24, 2.45) is 0 Å². The van der Waals surface area contributed by atoms with Crippen LogP contribution in [0.15, 0.2) is 47.3 Å². The van der Waals surface area contributed by atoms with Gasteiger partial charge < -0.3 is 20.0 Å². The van der Waals surface area contributed by atoms with Crippen molar-refractivity contribution in [2.45, 2.75) is 44.9 Å². The van der Waals surface area contributed by atoms with E-state index in [-0.39, 0.29) is 28.5 Å². The molecule has 36 heavy (non-hydrogen) atoms. The van der Waals surface area contributed by atoms with Gasteiger partial charge in [0, 0.05) is 6.04 Å². The Hall–Kier alpha value is -3.40. The minimum absolute atomic E-state index is 0.0453. The second-order valence-electron chi connectivity index (χ2n) is 9.18. The van der Waals surface area contributed by atoms with Gasteiger partial charge in [-0.2, -0.15) is 13.2 Å². The number of aromatic nitrogens is 1. The zero-order valence-electron chi connectivity index (χ0n) is 20.2. The third kappa shape index (κ3) is 5.53. The van der Waals surface area contributed by atoms with Gasteiger partial charge in [0.1, 0.15) is 5.82 Å². The van der Waals surface area contributed by atoms with Gasteiger partial charge in [-0.15, -0.1) is 0 Å². The Bertz CT molecular complexity index is 1220. The predicted octanol–water partition coefficient (Wildman–Crippen LogP) is 5.81. The van der Waals surface area contributed by atoms with E-state index >= 15 is 4.39 Å². The molecule has 0 bridgehead atoms. The van der Waals surface area contributed by atoms with E-state index in [2.05, 4.69) is 20.5 Å². The van der Waals surface area contributed by atoms with Gasteiger partial charge in [0.2, 0.25) is 0 Å². The summed E-state index contributed by atoms with van der Waals surface area (Å²) in [6.07, 6.45) is -0.347. The Morgan fingerprint density at radius 3 is 2.58 bits per heavy atom. The molecule has 2 aromatic carbocycles. The predicted molar refractivity (Wildman–Crippen MR) is 128 cm³/mol. The summed E-state index contributed by atoms with van der Waals surface area (Å²) in [5, 5.41) is 6.08. The number of likely N-dealkylation sites (tertiary alicyclic amines) is 1. The monoisotopic (exact) mass is 504 g/mol. The van der Waals surface area contributed by atoms with Gasteiger partial charge in [-0.05, 0) is 76.2 Å². The molecule has 1 fully saturated rings. The Morgan fingerprint density at radius 2 is 1.94 bits per heavy atom. The molecule has 1 atom stereocenters. The molecule has 3 aromatic rings. The van der Waals surface area contributed by atoms with Gasteiger partial charge in [0.15, 0.2) is 12.2 Å². The lowest BCUT2D eigenvalue weighted by atomic mass is 9.96. The highest BCUT2D eigenvalue weighted by molar-refractivity contribution is 6.01. The highest BCUT2D eigenvalue weighted by Crippen LogP contribution is 2.35. The number of piperidine rings is 1. The lowest BCUT2D eigenvalue weighted by molar-refractivity contribution is -0.138. The summed E-state index contributed by atoms with van der Waals surface area (Å²) in [5.74, 6) is -0.967. The summed E-state index contributed by atoms with van der Waals surface area (Å²) in [4.78, 5) is 19.4. The Morgan fingerprint density at radius 1 is 1.22 bits per heavy atom. The average molecular weight is 505 g/mol. The summed E-state index contributed by atoms with van der Waals surface area (Å²) >= 11 is 0. The van der Waals surface area contributed by atoms with Crippen LogP contribution >= 0.6 is 0 Å². The molecule has 1 aliphatic rings. The third-order valence-corrected chi connectivity index (χ3v) is 6.62. The summed E-state index contributed by atoms with van der Waals surface area (Å²) < 4.78 is 60.4. The van der Waals surface area contributed by atoms with E-state index in [1.165, 1.54) is 31.3 Å². The first-order valence-corrected chi connectivity index (χ1v) is 11.7. The van der Waals surface area contributed by atoms with Crippen molar-refractivity contribution in [1.29, 1.82) is 0 Å². The fourth-order valence-corrected chi connectivity index (χ4v) is 4.57. The first-order valence-electron chi connectivity index (χ1n) is 11.7. The number of nitrogens with one attached hydrogen (secondary N) is 2. The second kappa shape index (κ2) is 10.3. The summed E-state index contributed by atoms with van der Waals surface area (Å²) in [7, 11) is 2.03. The maximum Gasteiger partial charge on any atom is 0.416 e. The van der Waals surface area contributed by atoms with Crippen LogP contribution in [0.1, 0.15) is 52.9 Å². The molecule has 192 valence electrons. The maximum absolute atomic E-state index is 15.0. The summed E-state index contributed by atoms with van der Waals surface area (Å²) in [5.41, 5.74) is 0.188. The number of oxazole rings is 1. The maximum atomic E-state index is 15.0. The van der Waals surface area contributed by atoms with Crippen molar-refractivity contribution >= 4 is 11.6 Å². The number of anilines is 1. The van der Waals surface area contributed by atoms with Crippen LogP contribution < -0.4 is 10.6 Å². The Balaban J connectivity index is 1.65. The minimum atomic E-state index is -4.50. The molecule has 4 rings (SSSR count). The van der Waals surface area contributed by atoms with Gasteiger partial charge in [-0.1, -0.05) is 12.1 Å². The molecule has 1 saturated heterocycles. The van der Waals surface area contributed by atoms with Crippen LogP contribution in [0.5, 0.6) is 0 Å². The molecule has 0 aliphatic carbocycles. The lowest BCUT2D eigenvalue weighted by Gasteiger charge is -2.31. The molecule has 0 unspecified atom stereocenters. The van der Waals surface area contributed by atoms with Crippen LogP contribution in [-0.4, -0.2) is 42.0 Å². The molecule has 10 heteroatoms. The Labute approximate surface area is 206 Å². The summed E-state index contributed by atoms with van der Waals surface area (Å²) in [6.45, 7) is 4.73. The van der Waals surface area contributed by atoms with Crippen molar-refractivity contribution < 1.29 is 26.8 Å². The molecule has 1 aromatic heterocycles. The number of carbonyl (C=O) groups excluding carboxylic acids is 1. The molecule has 0 spiro atoms. The topological polar surface area (TPSA) is 70.4 Å². The smallest absolute Gasteiger partial charge is 0.416 e. The van der Waals surface area contributed by atoms with Crippen molar-refractivity contribution in [2.75, 3.05) is 25.5 Å². The number of nitrogens with zero attached hydrogens (tertiary/aromatic N) is 2. The zero-order chi connectivity index (χ0) is 26.0. The molecular formula is C26H28F4N4O2. The molecule has 1 amide bonds. The molecule has 2 heterocycles. The number of carbonyl (C=O) groups is 1. The number of halogens is 4. The first-order chi connectivity index (χ1) is 17.0. The Kier molecular flexibility index (Phi) is 7.35. The van der Waals surface area contributed by atoms with E-state index in [4.69, 9.17) is 4.42 Å². The number of amides is 1. The van der Waals surface area contributed by atoms with Crippen LogP contribution in [-0.2, 0) is 6.18 Å². The van der Waals surface area contributed by atoms with E-state index in [0.29, 0.717) is 11.3 Å². The van der Waals surface area contributed by atoms with Gasteiger partial charge in [-0.25, -0.2) is 9.37 Å². The molecule has 0 saturated carbocycles. The van der Waals surface area contributed by atoms with Crippen LogP contribution in [0.25, 0.3) is 11.3 Å². The molecule has 2 N–H and O–H groups in total. The van der Waals surface area contributed by atoms with Gasteiger partial charge in [0.05, 0.1) is 34.6 Å². The van der Waals surface area contributed by atoms with Crippen LogP contribution in [0.3, 0.4) is 0 Å². The lowest BCUT2D eigenvalue weighted by Crippen LogP contribution is -2.37. The van der Waals surface area contributed by atoms with Crippen molar-refractivity contribution in [1.82, 2.24) is 15.2 Å². The largest absolute Gasteiger partial charge is 0.443 e. The van der Waals surface area contributed by atoms with Crippen molar-refractivity contribution in [3.8, 4) is 11.3 Å². The fourth-order valence-electron chi connectivity index (χ4n) is 4.57. The molecule has 6 nitrogen and oxygen atoms in total. The first kappa shape index (κ1) is 25.7. The van der Waals surface area contributed by atoms with Crippen LogP contribution in [0.2, 0.25) is 0 Å². The fraction of sp³-hybridized carbons (Fsp3) is 0.385. The van der Waals surface area contributed by atoms with E-state index in [9.17, 15) is 18.0 Å². The number of alkyl halides is 3. The molecular weight excluding hydrogens is 476 g/mol. The van der Waals surface area contributed by atoms with Gasteiger partial charge in [0.25, 0.3) is 5.91 Å². The molecule has 1 aliphatic heterocycles. The van der Waals surface area contributed by atoms with E-state index in [1.54, 1.807) is 13.0 Å². The highest BCUT2D eigenvalue weighted by Gasteiger charge is 2.33. The number of hydrogen-bond donors (Lipinski definition) is 2. The quantitative estimate of drug-likeness (QED) is 0.415. The SMILES string of the molecule is Cc1c([C@@H](C)NC(=O)c2cc(-c3cnco3)c(F)cc2NC2CCN(C)CC2)cccc1C(F)(F)F. The number of benzene rings is 2.